The van der Waals surface area contributed by atoms with Crippen molar-refractivity contribution >= 4 is 51.5 Å². The van der Waals surface area contributed by atoms with E-state index in [1.165, 1.54) is 6.07 Å². The molecule has 1 aliphatic rings. The summed E-state index contributed by atoms with van der Waals surface area (Å²) in [5.74, 6) is -0.727. The topological polar surface area (TPSA) is 73.0 Å². The van der Waals surface area contributed by atoms with Gasteiger partial charge in [0.2, 0.25) is 5.91 Å². The highest BCUT2D eigenvalue weighted by Gasteiger charge is 2.42. The molecule has 32 heavy (non-hydrogen) atoms. The van der Waals surface area contributed by atoms with Gasteiger partial charge in [0, 0.05) is 39.7 Å². The minimum atomic E-state index is -0.458. The van der Waals surface area contributed by atoms with Crippen molar-refractivity contribution in [3.63, 3.8) is 0 Å². The van der Waals surface area contributed by atoms with E-state index in [4.69, 9.17) is 12.2 Å². The smallest absolute Gasteiger partial charge is 0.226 e. The Morgan fingerprint density at radius 3 is 2.62 bits per heavy atom. The third-order valence-electron chi connectivity index (χ3n) is 5.57. The van der Waals surface area contributed by atoms with E-state index >= 15 is 0 Å². The van der Waals surface area contributed by atoms with Gasteiger partial charge in [-0.15, -0.1) is 0 Å². The third kappa shape index (κ3) is 4.49. The molecule has 0 bridgehead atoms. The van der Waals surface area contributed by atoms with Gasteiger partial charge < -0.3 is 20.5 Å². The average molecular weight is 563 g/mol. The van der Waals surface area contributed by atoms with Crippen molar-refractivity contribution in [1.82, 2.24) is 20.2 Å². The Morgan fingerprint density at radius 2 is 1.97 bits per heavy atom. The second-order valence-corrected chi connectivity index (χ2v) is 9.17. The molecular weight excluding hydrogens is 540 g/mol. The second kappa shape index (κ2) is 9.53. The summed E-state index contributed by atoms with van der Waals surface area (Å²) in [5.41, 5.74) is 4.35. The Bertz CT molecular complexity index is 1150. The fourth-order valence-electron chi connectivity index (χ4n) is 4.08. The largest absolute Gasteiger partial charge is 0.362 e. The lowest BCUT2D eigenvalue weighted by Crippen LogP contribution is -2.33. The molecule has 166 valence electrons. The molecule has 1 fully saturated rings. The van der Waals surface area contributed by atoms with Crippen LogP contribution in [-0.4, -0.2) is 32.4 Å². The van der Waals surface area contributed by atoms with Crippen molar-refractivity contribution in [3.05, 3.63) is 80.7 Å². The summed E-state index contributed by atoms with van der Waals surface area (Å²) in [4.78, 5) is 22.6. The van der Waals surface area contributed by atoms with Gasteiger partial charge in [-0.1, -0.05) is 18.2 Å². The van der Waals surface area contributed by atoms with Gasteiger partial charge in [-0.05, 0) is 72.9 Å². The van der Waals surface area contributed by atoms with Gasteiger partial charge in [-0.2, -0.15) is 0 Å². The number of anilines is 1. The maximum Gasteiger partial charge on any atom is 0.226 e. The number of thiocarbonyl (C=S) groups is 1. The Labute approximate surface area is 205 Å². The summed E-state index contributed by atoms with van der Waals surface area (Å²) in [6.45, 7) is 4.48. The molecule has 2 atom stereocenters. The predicted molar refractivity (Wildman–Crippen MR) is 135 cm³/mol. The summed E-state index contributed by atoms with van der Waals surface area (Å²) in [7, 11) is 0. The number of halogens is 2. The number of H-pyrrole nitrogens is 1. The number of rotatable bonds is 6. The first-order valence-corrected chi connectivity index (χ1v) is 11.7. The van der Waals surface area contributed by atoms with Crippen molar-refractivity contribution in [2.75, 3.05) is 11.9 Å². The number of pyridine rings is 1. The summed E-state index contributed by atoms with van der Waals surface area (Å²) < 4.78 is 15.0. The lowest BCUT2D eigenvalue weighted by Gasteiger charge is -2.28. The van der Waals surface area contributed by atoms with E-state index in [0.717, 1.165) is 26.2 Å². The van der Waals surface area contributed by atoms with E-state index in [2.05, 4.69) is 43.2 Å². The quantitative estimate of drug-likeness (QED) is 0.298. The molecule has 0 unspecified atom stereocenters. The van der Waals surface area contributed by atoms with Crippen LogP contribution in [0.3, 0.4) is 0 Å². The van der Waals surface area contributed by atoms with Gasteiger partial charge in [-0.3, -0.25) is 9.78 Å². The Morgan fingerprint density at radius 1 is 1.22 bits per heavy atom. The molecule has 3 heterocycles. The van der Waals surface area contributed by atoms with Crippen LogP contribution >= 0.6 is 34.8 Å². The maximum atomic E-state index is 13.9. The number of hydrogen-bond donors (Lipinski definition) is 3. The van der Waals surface area contributed by atoms with Gasteiger partial charge in [-0.25, -0.2) is 4.39 Å². The van der Waals surface area contributed by atoms with Crippen molar-refractivity contribution in [2.45, 2.75) is 32.4 Å². The average Bonchev–Trinajstić information content (AvgIpc) is 3.23. The highest BCUT2D eigenvalue weighted by Crippen LogP contribution is 2.42. The van der Waals surface area contributed by atoms with Gasteiger partial charge >= 0.3 is 0 Å². The monoisotopic (exact) mass is 563 g/mol. The van der Waals surface area contributed by atoms with E-state index in [1.807, 2.05) is 36.9 Å². The van der Waals surface area contributed by atoms with E-state index in [0.29, 0.717) is 11.7 Å². The Hall–Kier alpha value is -2.53. The molecule has 2 aromatic heterocycles. The minimum absolute atomic E-state index is 0.129. The van der Waals surface area contributed by atoms with Crippen molar-refractivity contribution in [3.8, 4) is 0 Å². The summed E-state index contributed by atoms with van der Waals surface area (Å²) >= 11 is 8.03. The van der Waals surface area contributed by atoms with Crippen molar-refractivity contribution in [1.29, 1.82) is 0 Å². The normalized spacial score (nSPS) is 18.0. The number of carbonyl (C=O) groups excluding carboxylic acids is 1. The summed E-state index contributed by atoms with van der Waals surface area (Å²) in [6.07, 6.45) is 1.93. The number of aromatic amines is 1. The number of nitrogens with zero attached hydrogens (tertiary/aromatic N) is 2. The number of nitrogens with one attached hydrogen (secondary N) is 3. The molecule has 3 aromatic rings. The number of aromatic nitrogens is 2. The van der Waals surface area contributed by atoms with E-state index in [1.54, 1.807) is 24.4 Å². The van der Waals surface area contributed by atoms with E-state index in [9.17, 15) is 9.18 Å². The zero-order valence-electron chi connectivity index (χ0n) is 17.7. The standard InChI is InChI=1S/C23H23FIN5OS/c1-13-19(20(25)14(2)27-13)22-21(17-9-5-6-11-26-17)29-23(32)30(22)12-10-18(31)28-16-8-4-3-7-15(16)24/h3-9,11,21-22,27H,10,12H2,1-2H3,(H,28,31)(H,29,32)/t21-,22+/m1/s1. The van der Waals surface area contributed by atoms with Crippen LogP contribution in [0.4, 0.5) is 10.1 Å². The minimum Gasteiger partial charge on any atom is -0.362 e. The molecule has 0 saturated carbocycles. The van der Waals surface area contributed by atoms with Gasteiger partial charge in [0.05, 0.1) is 23.5 Å². The predicted octanol–water partition coefficient (Wildman–Crippen LogP) is 4.77. The molecular formula is C23H23FIN5OS. The lowest BCUT2D eigenvalue weighted by atomic mass is 9.96. The Balaban J connectivity index is 1.60. The summed E-state index contributed by atoms with van der Waals surface area (Å²) in [6, 6.07) is 11.7. The van der Waals surface area contributed by atoms with Crippen LogP contribution in [0.1, 0.15) is 41.1 Å². The van der Waals surface area contributed by atoms with Crippen LogP contribution in [-0.2, 0) is 4.79 Å². The summed E-state index contributed by atoms with van der Waals surface area (Å²) in [5, 5.41) is 6.62. The molecule has 6 nitrogen and oxygen atoms in total. The number of para-hydroxylation sites is 1. The van der Waals surface area contributed by atoms with Crippen LogP contribution < -0.4 is 10.6 Å². The van der Waals surface area contributed by atoms with E-state index in [-0.39, 0.29) is 30.1 Å². The van der Waals surface area contributed by atoms with Gasteiger partial charge in [0.15, 0.2) is 5.11 Å². The molecule has 0 radical (unpaired) electrons. The number of benzene rings is 1. The second-order valence-electron chi connectivity index (χ2n) is 7.70. The van der Waals surface area contributed by atoms with E-state index < -0.39 is 5.82 Å². The number of hydrogen-bond acceptors (Lipinski definition) is 3. The highest BCUT2D eigenvalue weighted by atomic mass is 127. The number of amides is 1. The molecule has 0 aliphatic carbocycles. The molecule has 1 saturated heterocycles. The van der Waals surface area contributed by atoms with Crippen molar-refractivity contribution < 1.29 is 9.18 Å². The van der Waals surface area contributed by atoms with Crippen LogP contribution in [0.25, 0.3) is 0 Å². The highest BCUT2D eigenvalue weighted by molar-refractivity contribution is 14.1. The van der Waals surface area contributed by atoms with Crippen LogP contribution in [0.2, 0.25) is 0 Å². The molecule has 1 amide bonds. The Kier molecular flexibility index (Phi) is 6.75. The number of aryl methyl sites for hydroxylation is 2. The fraction of sp³-hybridized carbons (Fsp3) is 0.261. The van der Waals surface area contributed by atoms with Gasteiger partial charge in [0.1, 0.15) is 5.82 Å². The van der Waals surface area contributed by atoms with Crippen LogP contribution in [0.5, 0.6) is 0 Å². The first-order valence-electron chi connectivity index (χ1n) is 10.2. The molecule has 4 rings (SSSR count). The van der Waals surface area contributed by atoms with Gasteiger partial charge in [0.25, 0.3) is 0 Å². The zero-order chi connectivity index (χ0) is 22.8. The SMILES string of the molecule is Cc1[nH]c(C)c([C@H]2[C@@H](c3ccccn3)NC(=S)N2CCC(=O)Nc2ccccc2F)c1I. The third-order valence-corrected chi connectivity index (χ3v) is 7.31. The zero-order valence-corrected chi connectivity index (χ0v) is 20.6. The molecule has 9 heteroatoms. The van der Waals surface area contributed by atoms with Crippen molar-refractivity contribution in [2.24, 2.45) is 0 Å². The molecule has 1 aliphatic heterocycles. The first kappa shape index (κ1) is 22.7. The molecule has 3 N–H and O–H groups in total. The lowest BCUT2D eigenvalue weighted by molar-refractivity contribution is -0.116. The molecule has 0 spiro atoms. The molecule has 1 aromatic carbocycles. The van der Waals surface area contributed by atoms with Crippen LogP contribution in [0.15, 0.2) is 48.7 Å². The van der Waals surface area contributed by atoms with Crippen LogP contribution in [0, 0.1) is 23.2 Å². The maximum absolute atomic E-state index is 13.9. The fourth-order valence-corrected chi connectivity index (χ4v) is 5.27. The number of carbonyl (C=O) groups is 1. The first-order chi connectivity index (χ1) is 15.4.